The summed E-state index contributed by atoms with van der Waals surface area (Å²) in [7, 11) is 0. The van der Waals surface area contributed by atoms with Crippen molar-refractivity contribution in [2.75, 3.05) is 6.61 Å². The third kappa shape index (κ3) is 15.4. The van der Waals surface area contributed by atoms with Gasteiger partial charge in [-0.05, 0) is 12.3 Å². The fourth-order valence-corrected chi connectivity index (χ4v) is 0.562. The molecule has 0 atom stereocenters. The van der Waals surface area contributed by atoms with Crippen LogP contribution in [0.25, 0.3) is 0 Å². The van der Waals surface area contributed by atoms with Crippen LogP contribution in [-0.4, -0.2) is 23.7 Å². The molecule has 0 aromatic rings. The minimum atomic E-state index is -0.745. The maximum Gasteiger partial charge on any atom is 0.308 e. The van der Waals surface area contributed by atoms with Crippen molar-refractivity contribution in [3.63, 3.8) is 0 Å². The van der Waals surface area contributed by atoms with Gasteiger partial charge >= 0.3 is 11.9 Å². The van der Waals surface area contributed by atoms with Gasteiger partial charge in [0.1, 0.15) is 0 Å². The van der Waals surface area contributed by atoms with Crippen LogP contribution in [0.5, 0.6) is 0 Å². The molecular formula is C12H24O4. The summed E-state index contributed by atoms with van der Waals surface area (Å²) in [5.74, 6) is -0.229. The number of hydrogen-bond donors (Lipinski definition) is 1. The van der Waals surface area contributed by atoms with Crippen molar-refractivity contribution in [1.82, 2.24) is 0 Å². The van der Waals surface area contributed by atoms with Crippen LogP contribution in [0.3, 0.4) is 0 Å². The summed E-state index contributed by atoms with van der Waals surface area (Å²) >= 11 is 0. The standard InChI is InChI=1S/C9H18O2.C3H6O2/c1-7(2)5-6-11-9(10)8(3)4;1-2-3(4)5/h7-8H,5-6H2,1-4H3;2H2,1H3,(H,4,5). The van der Waals surface area contributed by atoms with Gasteiger partial charge in [-0.2, -0.15) is 0 Å². The molecule has 1 N–H and O–H groups in total. The molecule has 0 saturated heterocycles. The number of aliphatic carboxylic acids is 1. The predicted molar refractivity (Wildman–Crippen MR) is 63.2 cm³/mol. The molecule has 0 aromatic heterocycles. The van der Waals surface area contributed by atoms with E-state index >= 15 is 0 Å². The van der Waals surface area contributed by atoms with Crippen molar-refractivity contribution < 1.29 is 19.4 Å². The highest BCUT2D eigenvalue weighted by Crippen LogP contribution is 2.01. The number of rotatable bonds is 5. The fourth-order valence-electron chi connectivity index (χ4n) is 0.562. The molecule has 16 heavy (non-hydrogen) atoms. The van der Waals surface area contributed by atoms with Crippen molar-refractivity contribution in [3.05, 3.63) is 0 Å². The highest BCUT2D eigenvalue weighted by Gasteiger charge is 2.07. The molecule has 0 radical (unpaired) electrons. The third-order valence-corrected chi connectivity index (χ3v) is 1.71. The summed E-state index contributed by atoms with van der Waals surface area (Å²) < 4.78 is 4.98. The van der Waals surface area contributed by atoms with Gasteiger partial charge in [0.25, 0.3) is 0 Å². The molecule has 0 unspecified atom stereocenters. The van der Waals surface area contributed by atoms with Crippen LogP contribution in [-0.2, 0) is 14.3 Å². The molecule has 0 aliphatic rings. The van der Waals surface area contributed by atoms with E-state index in [9.17, 15) is 9.59 Å². The van der Waals surface area contributed by atoms with Crippen LogP contribution in [0, 0.1) is 11.8 Å². The Balaban J connectivity index is 0. The summed E-state index contributed by atoms with van der Waals surface area (Å²) in [4.78, 5) is 20.3. The van der Waals surface area contributed by atoms with Crippen molar-refractivity contribution in [2.45, 2.75) is 47.5 Å². The van der Waals surface area contributed by atoms with E-state index in [2.05, 4.69) is 13.8 Å². The van der Waals surface area contributed by atoms with E-state index in [1.165, 1.54) is 0 Å². The lowest BCUT2D eigenvalue weighted by Crippen LogP contribution is -2.13. The van der Waals surface area contributed by atoms with Gasteiger partial charge in [-0.25, -0.2) is 0 Å². The smallest absolute Gasteiger partial charge is 0.308 e. The number of ether oxygens (including phenoxy) is 1. The van der Waals surface area contributed by atoms with E-state index in [0.717, 1.165) is 6.42 Å². The summed E-state index contributed by atoms with van der Waals surface area (Å²) in [6, 6.07) is 0. The Morgan fingerprint density at radius 3 is 1.88 bits per heavy atom. The first-order valence-corrected chi connectivity index (χ1v) is 5.69. The number of esters is 1. The molecule has 4 heteroatoms. The molecule has 96 valence electrons. The second kappa shape index (κ2) is 10.5. The van der Waals surface area contributed by atoms with Gasteiger partial charge in [0, 0.05) is 6.42 Å². The Kier molecular flexibility index (Phi) is 11.3. The first-order chi connectivity index (χ1) is 7.31. The summed E-state index contributed by atoms with van der Waals surface area (Å²) in [5.41, 5.74) is 0. The number of hydrogen-bond acceptors (Lipinski definition) is 3. The van der Waals surface area contributed by atoms with Crippen molar-refractivity contribution >= 4 is 11.9 Å². The lowest BCUT2D eigenvalue weighted by Gasteiger charge is -2.07. The molecule has 0 fully saturated rings. The van der Waals surface area contributed by atoms with E-state index in [1.807, 2.05) is 13.8 Å². The zero-order valence-electron chi connectivity index (χ0n) is 10.9. The van der Waals surface area contributed by atoms with Crippen molar-refractivity contribution in [2.24, 2.45) is 11.8 Å². The van der Waals surface area contributed by atoms with Gasteiger partial charge in [-0.3, -0.25) is 9.59 Å². The number of carboxylic acids is 1. The Labute approximate surface area is 98.0 Å². The highest BCUT2D eigenvalue weighted by atomic mass is 16.5. The van der Waals surface area contributed by atoms with E-state index in [-0.39, 0.29) is 18.3 Å². The van der Waals surface area contributed by atoms with E-state index < -0.39 is 5.97 Å². The topological polar surface area (TPSA) is 63.6 Å². The van der Waals surface area contributed by atoms with Gasteiger partial charge in [-0.1, -0.05) is 34.6 Å². The SMILES string of the molecule is CC(C)CCOC(=O)C(C)C.CCC(=O)O. The maximum absolute atomic E-state index is 10.9. The lowest BCUT2D eigenvalue weighted by atomic mass is 10.1. The molecule has 0 aliphatic heterocycles. The minimum Gasteiger partial charge on any atom is -0.481 e. The van der Waals surface area contributed by atoms with Crippen molar-refractivity contribution in [1.29, 1.82) is 0 Å². The van der Waals surface area contributed by atoms with Gasteiger partial charge in [-0.15, -0.1) is 0 Å². The van der Waals surface area contributed by atoms with E-state index in [4.69, 9.17) is 9.84 Å². The maximum atomic E-state index is 10.9. The third-order valence-electron chi connectivity index (χ3n) is 1.71. The largest absolute Gasteiger partial charge is 0.481 e. The summed E-state index contributed by atoms with van der Waals surface area (Å²) in [5, 5.41) is 7.72. The van der Waals surface area contributed by atoms with Gasteiger partial charge < -0.3 is 9.84 Å². The number of carboxylic acid groups (broad SMARTS) is 1. The monoisotopic (exact) mass is 232 g/mol. The Hall–Kier alpha value is -1.06. The molecule has 4 nitrogen and oxygen atoms in total. The lowest BCUT2D eigenvalue weighted by molar-refractivity contribution is -0.147. The molecule has 0 bridgehead atoms. The van der Waals surface area contributed by atoms with Gasteiger partial charge in [0.15, 0.2) is 0 Å². The second-order valence-corrected chi connectivity index (χ2v) is 4.25. The average molecular weight is 232 g/mol. The Morgan fingerprint density at radius 1 is 1.19 bits per heavy atom. The van der Waals surface area contributed by atoms with E-state index in [1.54, 1.807) is 6.92 Å². The molecule has 0 aliphatic carbocycles. The van der Waals surface area contributed by atoms with Crippen LogP contribution in [0.2, 0.25) is 0 Å². The zero-order chi connectivity index (χ0) is 13.1. The normalized spacial score (nSPS) is 9.69. The first-order valence-electron chi connectivity index (χ1n) is 5.69. The highest BCUT2D eigenvalue weighted by molar-refractivity contribution is 5.71. The second-order valence-electron chi connectivity index (χ2n) is 4.25. The summed E-state index contributed by atoms with van der Waals surface area (Å²) in [6.45, 7) is 10.1. The molecule has 0 heterocycles. The van der Waals surface area contributed by atoms with E-state index in [0.29, 0.717) is 12.5 Å². The number of carbonyl (C=O) groups is 2. The Morgan fingerprint density at radius 2 is 1.62 bits per heavy atom. The van der Waals surface area contributed by atoms with Gasteiger partial charge in [0.05, 0.1) is 12.5 Å². The average Bonchev–Trinajstić information content (AvgIpc) is 2.17. The zero-order valence-corrected chi connectivity index (χ0v) is 10.9. The molecule has 0 amide bonds. The molecule has 0 rings (SSSR count). The van der Waals surface area contributed by atoms with Crippen LogP contribution >= 0.6 is 0 Å². The summed E-state index contributed by atoms with van der Waals surface area (Å²) in [6.07, 6.45) is 1.18. The molecular weight excluding hydrogens is 208 g/mol. The van der Waals surface area contributed by atoms with Crippen LogP contribution < -0.4 is 0 Å². The number of carbonyl (C=O) groups excluding carboxylic acids is 1. The fraction of sp³-hybridized carbons (Fsp3) is 0.833. The molecule has 0 spiro atoms. The van der Waals surface area contributed by atoms with Crippen molar-refractivity contribution in [3.8, 4) is 0 Å². The first kappa shape index (κ1) is 17.3. The quantitative estimate of drug-likeness (QED) is 0.740. The molecule has 0 saturated carbocycles. The van der Waals surface area contributed by atoms with Crippen LogP contribution in [0.15, 0.2) is 0 Å². The predicted octanol–water partition coefficient (Wildman–Crippen LogP) is 2.71. The molecule has 0 aromatic carbocycles. The van der Waals surface area contributed by atoms with Crippen LogP contribution in [0.4, 0.5) is 0 Å². The Bertz CT molecular complexity index is 197. The minimum absolute atomic E-state index is 0.00200. The van der Waals surface area contributed by atoms with Crippen LogP contribution in [0.1, 0.15) is 47.5 Å². The van der Waals surface area contributed by atoms with Gasteiger partial charge in [0.2, 0.25) is 0 Å².